The normalized spacial score (nSPS) is 16.6. The van der Waals surface area contributed by atoms with Crippen LogP contribution >= 0.6 is 0 Å². The van der Waals surface area contributed by atoms with Crippen molar-refractivity contribution in [2.24, 2.45) is 5.14 Å². The molecule has 6 nitrogen and oxygen atoms in total. The number of carbonyl (C=O) groups is 1. The summed E-state index contributed by atoms with van der Waals surface area (Å²) in [5.74, 6) is 0.172. The molecule has 0 aromatic heterocycles. The lowest BCUT2D eigenvalue weighted by Crippen LogP contribution is -2.30. The van der Waals surface area contributed by atoms with Gasteiger partial charge in [-0.05, 0) is 48.6 Å². The maximum absolute atomic E-state index is 12.6. The SMILES string of the molecule is COc1ccc(S(N)(=O)=O)cc1C(=O)NCC1CCCc2ccccc21. The van der Waals surface area contributed by atoms with Gasteiger partial charge in [0, 0.05) is 12.5 Å². The molecule has 3 rings (SSSR count). The monoisotopic (exact) mass is 374 g/mol. The van der Waals surface area contributed by atoms with Crippen molar-refractivity contribution in [2.75, 3.05) is 13.7 Å². The van der Waals surface area contributed by atoms with Gasteiger partial charge in [0.1, 0.15) is 5.75 Å². The Kier molecular flexibility index (Phi) is 5.29. The highest BCUT2D eigenvalue weighted by Gasteiger charge is 2.22. The van der Waals surface area contributed by atoms with Crippen LogP contribution in [-0.2, 0) is 16.4 Å². The third-order valence-electron chi connectivity index (χ3n) is 4.75. The van der Waals surface area contributed by atoms with Crippen molar-refractivity contribution in [1.29, 1.82) is 0 Å². The first-order valence-electron chi connectivity index (χ1n) is 8.47. The Balaban J connectivity index is 1.79. The van der Waals surface area contributed by atoms with Crippen molar-refractivity contribution in [2.45, 2.75) is 30.1 Å². The maximum atomic E-state index is 12.6. The summed E-state index contributed by atoms with van der Waals surface area (Å²) >= 11 is 0. The number of nitrogens with two attached hydrogens (primary N) is 1. The molecular weight excluding hydrogens is 352 g/mol. The lowest BCUT2D eigenvalue weighted by Gasteiger charge is -2.25. The van der Waals surface area contributed by atoms with Crippen molar-refractivity contribution < 1.29 is 17.9 Å². The fourth-order valence-corrected chi connectivity index (χ4v) is 3.96. The largest absolute Gasteiger partial charge is 0.496 e. The molecule has 0 radical (unpaired) electrons. The molecule has 0 saturated heterocycles. The topological polar surface area (TPSA) is 98.5 Å². The number of nitrogens with one attached hydrogen (secondary N) is 1. The van der Waals surface area contributed by atoms with E-state index in [0.717, 1.165) is 19.3 Å². The van der Waals surface area contributed by atoms with Crippen molar-refractivity contribution in [3.8, 4) is 5.75 Å². The van der Waals surface area contributed by atoms with E-state index in [2.05, 4.69) is 17.4 Å². The number of ether oxygens (including phenoxy) is 1. The number of hydrogen-bond acceptors (Lipinski definition) is 4. The van der Waals surface area contributed by atoms with E-state index in [4.69, 9.17) is 9.88 Å². The summed E-state index contributed by atoms with van der Waals surface area (Å²) < 4.78 is 28.3. The number of rotatable bonds is 5. The van der Waals surface area contributed by atoms with E-state index >= 15 is 0 Å². The number of fused-ring (bicyclic) bond motifs is 1. The number of hydrogen-bond donors (Lipinski definition) is 2. The average molecular weight is 374 g/mol. The molecule has 1 unspecified atom stereocenters. The van der Waals surface area contributed by atoms with Gasteiger partial charge in [0.25, 0.3) is 5.91 Å². The summed E-state index contributed by atoms with van der Waals surface area (Å²) in [7, 11) is -2.46. The van der Waals surface area contributed by atoms with Crippen LogP contribution in [0.1, 0.15) is 40.2 Å². The minimum Gasteiger partial charge on any atom is -0.496 e. The molecule has 7 heteroatoms. The smallest absolute Gasteiger partial charge is 0.255 e. The molecule has 26 heavy (non-hydrogen) atoms. The number of benzene rings is 2. The van der Waals surface area contributed by atoms with Crippen molar-refractivity contribution in [1.82, 2.24) is 5.32 Å². The van der Waals surface area contributed by atoms with Gasteiger partial charge in [0.15, 0.2) is 0 Å². The van der Waals surface area contributed by atoms with Crippen LogP contribution in [0.4, 0.5) is 0 Å². The lowest BCUT2D eigenvalue weighted by molar-refractivity contribution is 0.0947. The predicted molar refractivity (Wildman–Crippen MR) is 98.8 cm³/mol. The molecule has 0 saturated carbocycles. The van der Waals surface area contributed by atoms with Gasteiger partial charge >= 0.3 is 0 Å². The molecule has 0 heterocycles. The van der Waals surface area contributed by atoms with Crippen LogP contribution < -0.4 is 15.2 Å². The summed E-state index contributed by atoms with van der Waals surface area (Å²) in [6.45, 7) is 0.485. The van der Waals surface area contributed by atoms with Gasteiger partial charge in [-0.25, -0.2) is 13.6 Å². The molecule has 0 spiro atoms. The minimum absolute atomic E-state index is 0.119. The van der Waals surface area contributed by atoms with Gasteiger partial charge in [-0.3, -0.25) is 4.79 Å². The second kappa shape index (κ2) is 7.47. The Morgan fingerprint density at radius 3 is 2.77 bits per heavy atom. The molecule has 1 atom stereocenters. The Morgan fingerprint density at radius 1 is 1.27 bits per heavy atom. The lowest BCUT2D eigenvalue weighted by atomic mass is 9.83. The third-order valence-corrected chi connectivity index (χ3v) is 5.66. The molecule has 2 aromatic carbocycles. The standard InChI is InChI=1S/C19H22N2O4S/c1-25-18-10-9-15(26(20,23)24)11-17(18)19(22)21-12-14-7-4-6-13-5-2-3-8-16(13)14/h2-3,5,8-11,14H,4,6-7,12H2,1H3,(H,21,22)(H2,20,23,24). The highest BCUT2D eigenvalue weighted by atomic mass is 32.2. The van der Waals surface area contributed by atoms with E-state index in [1.165, 1.54) is 36.4 Å². The Hall–Kier alpha value is -2.38. The molecule has 138 valence electrons. The van der Waals surface area contributed by atoms with E-state index in [1.54, 1.807) is 0 Å². The predicted octanol–water partition coefficient (Wildman–Crippen LogP) is 2.19. The minimum atomic E-state index is -3.89. The van der Waals surface area contributed by atoms with Gasteiger partial charge in [0.05, 0.1) is 17.6 Å². The van der Waals surface area contributed by atoms with E-state index in [0.29, 0.717) is 12.3 Å². The second-order valence-corrected chi connectivity index (χ2v) is 7.97. The van der Waals surface area contributed by atoms with E-state index < -0.39 is 10.0 Å². The number of methoxy groups -OCH3 is 1. The first kappa shape index (κ1) is 18.4. The first-order chi connectivity index (χ1) is 12.4. The maximum Gasteiger partial charge on any atom is 0.255 e. The number of primary sulfonamides is 1. The summed E-state index contributed by atoms with van der Waals surface area (Å²) in [6, 6.07) is 12.3. The molecule has 1 amide bonds. The van der Waals surface area contributed by atoms with Crippen LogP contribution in [0.15, 0.2) is 47.4 Å². The second-order valence-electron chi connectivity index (χ2n) is 6.41. The van der Waals surface area contributed by atoms with Crippen molar-refractivity contribution >= 4 is 15.9 Å². The highest BCUT2D eigenvalue weighted by molar-refractivity contribution is 7.89. The Morgan fingerprint density at radius 2 is 2.04 bits per heavy atom. The molecule has 0 bridgehead atoms. The van der Waals surface area contributed by atoms with E-state index in [1.807, 2.05) is 12.1 Å². The molecular formula is C19H22N2O4S. The molecule has 3 N–H and O–H groups in total. The van der Waals surface area contributed by atoms with Crippen LogP contribution in [0, 0.1) is 0 Å². The molecule has 2 aromatic rings. The van der Waals surface area contributed by atoms with Gasteiger partial charge in [-0.15, -0.1) is 0 Å². The summed E-state index contributed by atoms with van der Waals surface area (Å²) in [6.07, 6.45) is 3.15. The highest BCUT2D eigenvalue weighted by Crippen LogP contribution is 2.31. The summed E-state index contributed by atoms with van der Waals surface area (Å²) in [5, 5.41) is 8.07. The van der Waals surface area contributed by atoms with Gasteiger partial charge in [-0.2, -0.15) is 0 Å². The van der Waals surface area contributed by atoms with Gasteiger partial charge < -0.3 is 10.1 Å². The van der Waals surface area contributed by atoms with Gasteiger partial charge in [-0.1, -0.05) is 24.3 Å². The number of carbonyl (C=O) groups excluding carboxylic acids is 1. The Bertz CT molecular complexity index is 925. The Labute approximate surface area is 153 Å². The zero-order valence-corrected chi connectivity index (χ0v) is 15.4. The zero-order chi connectivity index (χ0) is 18.7. The van der Waals surface area contributed by atoms with Crippen LogP contribution in [0.3, 0.4) is 0 Å². The molecule has 1 aliphatic rings. The van der Waals surface area contributed by atoms with Crippen molar-refractivity contribution in [3.63, 3.8) is 0 Å². The van der Waals surface area contributed by atoms with Crippen LogP contribution in [-0.4, -0.2) is 28.0 Å². The van der Waals surface area contributed by atoms with Crippen LogP contribution in [0.25, 0.3) is 0 Å². The summed E-state index contributed by atoms with van der Waals surface area (Å²) in [4.78, 5) is 12.5. The number of amides is 1. The number of aryl methyl sites for hydroxylation is 1. The van der Waals surface area contributed by atoms with Crippen molar-refractivity contribution in [3.05, 3.63) is 59.2 Å². The number of sulfonamides is 1. The molecule has 0 fully saturated rings. The van der Waals surface area contributed by atoms with Gasteiger partial charge in [0.2, 0.25) is 10.0 Å². The third kappa shape index (κ3) is 3.89. The van der Waals surface area contributed by atoms with E-state index in [9.17, 15) is 13.2 Å². The summed E-state index contributed by atoms with van der Waals surface area (Å²) in [5.41, 5.74) is 2.75. The van der Waals surface area contributed by atoms with Crippen LogP contribution in [0.5, 0.6) is 5.75 Å². The fraction of sp³-hybridized carbons (Fsp3) is 0.316. The zero-order valence-electron chi connectivity index (χ0n) is 14.6. The average Bonchev–Trinajstić information content (AvgIpc) is 2.64. The van der Waals surface area contributed by atoms with Crippen LogP contribution in [0.2, 0.25) is 0 Å². The van der Waals surface area contributed by atoms with E-state index in [-0.39, 0.29) is 22.3 Å². The first-order valence-corrected chi connectivity index (χ1v) is 10.0. The quantitative estimate of drug-likeness (QED) is 0.838. The molecule has 1 aliphatic carbocycles. The molecule has 0 aliphatic heterocycles. The fourth-order valence-electron chi connectivity index (χ4n) is 3.42.